The maximum absolute atomic E-state index is 13.6. The summed E-state index contributed by atoms with van der Waals surface area (Å²) in [7, 11) is 1.69. The molecule has 0 saturated carbocycles. The molecule has 0 spiro atoms. The van der Waals surface area contributed by atoms with Crippen LogP contribution in [0.1, 0.15) is 17.8 Å². The number of aromatic amines is 1. The molecular weight excluding hydrogens is 293 g/mol. The van der Waals surface area contributed by atoms with Crippen LogP contribution in [0.3, 0.4) is 0 Å². The highest BCUT2D eigenvalue weighted by molar-refractivity contribution is 5.77. The number of imidazole rings is 1. The molecule has 1 heterocycles. The second kappa shape index (κ2) is 6.60. The Morgan fingerprint density at radius 3 is 2.70 bits per heavy atom. The van der Waals surface area contributed by atoms with E-state index in [0.29, 0.717) is 18.4 Å². The van der Waals surface area contributed by atoms with E-state index in [1.54, 1.807) is 30.1 Å². The predicted molar refractivity (Wildman–Crippen MR) is 87.3 cm³/mol. The normalized spacial score (nSPS) is 10.9. The van der Waals surface area contributed by atoms with E-state index in [-0.39, 0.29) is 18.3 Å². The van der Waals surface area contributed by atoms with Gasteiger partial charge in [-0.3, -0.25) is 4.79 Å². The smallest absolute Gasteiger partial charge is 0.223 e. The fraction of sp³-hybridized carbons (Fsp3) is 0.222. The summed E-state index contributed by atoms with van der Waals surface area (Å²) in [4.78, 5) is 21.4. The highest BCUT2D eigenvalue weighted by atomic mass is 19.1. The Hall–Kier alpha value is -2.69. The third-order valence-electron chi connectivity index (χ3n) is 3.81. The first-order valence-electron chi connectivity index (χ1n) is 7.54. The molecule has 5 heteroatoms. The molecule has 0 unspecified atom stereocenters. The predicted octanol–water partition coefficient (Wildman–Crippen LogP) is 3.29. The first-order chi connectivity index (χ1) is 11.1. The minimum Gasteiger partial charge on any atom is -0.342 e. The Morgan fingerprint density at radius 2 is 1.91 bits per heavy atom. The molecule has 118 valence electrons. The van der Waals surface area contributed by atoms with Crippen LogP contribution in [-0.4, -0.2) is 27.8 Å². The molecule has 0 atom stereocenters. The van der Waals surface area contributed by atoms with Crippen molar-refractivity contribution in [2.24, 2.45) is 0 Å². The van der Waals surface area contributed by atoms with Crippen LogP contribution in [0.25, 0.3) is 11.0 Å². The van der Waals surface area contributed by atoms with Gasteiger partial charge in [0, 0.05) is 32.0 Å². The molecule has 1 N–H and O–H groups in total. The monoisotopic (exact) mass is 311 g/mol. The molecule has 1 amide bonds. The van der Waals surface area contributed by atoms with Crippen LogP contribution in [0, 0.1) is 5.82 Å². The van der Waals surface area contributed by atoms with Gasteiger partial charge >= 0.3 is 0 Å². The lowest BCUT2D eigenvalue weighted by Crippen LogP contribution is -2.26. The summed E-state index contributed by atoms with van der Waals surface area (Å²) in [6, 6.07) is 14.3. The molecule has 1 aromatic heterocycles. The fourth-order valence-electron chi connectivity index (χ4n) is 2.51. The Morgan fingerprint density at radius 1 is 1.17 bits per heavy atom. The van der Waals surface area contributed by atoms with E-state index in [0.717, 1.165) is 16.9 Å². The molecule has 2 aromatic carbocycles. The van der Waals surface area contributed by atoms with Gasteiger partial charge in [-0.15, -0.1) is 0 Å². The van der Waals surface area contributed by atoms with Gasteiger partial charge in [0.2, 0.25) is 5.91 Å². The Kier molecular flexibility index (Phi) is 4.37. The standard InChI is InChI=1S/C18H18FN3O/c1-22(12-13-6-2-3-7-14(13)19)18(23)11-10-17-20-15-8-4-5-9-16(15)21-17/h2-9H,10-12H2,1H3,(H,20,21). The van der Waals surface area contributed by atoms with Crippen LogP contribution < -0.4 is 0 Å². The highest BCUT2D eigenvalue weighted by Crippen LogP contribution is 2.13. The number of carbonyl (C=O) groups is 1. The number of rotatable bonds is 5. The number of amides is 1. The Balaban J connectivity index is 1.59. The Labute approximate surface area is 134 Å². The lowest BCUT2D eigenvalue weighted by molar-refractivity contribution is -0.130. The van der Waals surface area contributed by atoms with Crippen molar-refractivity contribution in [2.45, 2.75) is 19.4 Å². The van der Waals surface area contributed by atoms with E-state index in [9.17, 15) is 9.18 Å². The maximum Gasteiger partial charge on any atom is 0.223 e. The largest absolute Gasteiger partial charge is 0.342 e. The van der Waals surface area contributed by atoms with Gasteiger partial charge in [0.05, 0.1) is 11.0 Å². The summed E-state index contributed by atoms with van der Waals surface area (Å²) in [5.41, 5.74) is 2.39. The molecule has 0 aliphatic heterocycles. The molecule has 0 radical (unpaired) electrons. The lowest BCUT2D eigenvalue weighted by atomic mass is 10.2. The fourth-order valence-corrected chi connectivity index (χ4v) is 2.51. The summed E-state index contributed by atoms with van der Waals surface area (Å²) in [5, 5.41) is 0. The number of fused-ring (bicyclic) bond motifs is 1. The molecule has 0 fully saturated rings. The summed E-state index contributed by atoms with van der Waals surface area (Å²) in [6.07, 6.45) is 0.875. The van der Waals surface area contributed by atoms with E-state index < -0.39 is 0 Å². The number of benzene rings is 2. The maximum atomic E-state index is 13.6. The van der Waals surface area contributed by atoms with E-state index >= 15 is 0 Å². The third-order valence-corrected chi connectivity index (χ3v) is 3.81. The number of hydrogen-bond acceptors (Lipinski definition) is 2. The summed E-state index contributed by atoms with van der Waals surface area (Å²) in [6.45, 7) is 0.269. The molecule has 3 aromatic rings. The van der Waals surface area contributed by atoms with Gasteiger partial charge in [-0.2, -0.15) is 0 Å². The van der Waals surface area contributed by atoms with Gasteiger partial charge in [-0.25, -0.2) is 9.37 Å². The van der Waals surface area contributed by atoms with Crippen LogP contribution in [0.15, 0.2) is 48.5 Å². The molecular formula is C18H18FN3O. The number of nitrogens with one attached hydrogen (secondary N) is 1. The minimum absolute atomic E-state index is 0.0336. The van der Waals surface area contributed by atoms with Gasteiger partial charge in [-0.05, 0) is 18.2 Å². The number of hydrogen-bond donors (Lipinski definition) is 1. The van der Waals surface area contributed by atoms with E-state index in [4.69, 9.17) is 0 Å². The van der Waals surface area contributed by atoms with Crippen molar-refractivity contribution >= 4 is 16.9 Å². The van der Waals surface area contributed by atoms with E-state index in [1.165, 1.54) is 6.07 Å². The van der Waals surface area contributed by atoms with E-state index in [2.05, 4.69) is 9.97 Å². The van der Waals surface area contributed by atoms with Gasteiger partial charge < -0.3 is 9.88 Å². The van der Waals surface area contributed by atoms with Crippen LogP contribution in [0.5, 0.6) is 0 Å². The molecule has 0 saturated heterocycles. The first kappa shape index (κ1) is 15.2. The molecule has 3 rings (SSSR count). The first-order valence-corrected chi connectivity index (χ1v) is 7.54. The minimum atomic E-state index is -0.288. The number of H-pyrrole nitrogens is 1. The van der Waals surface area contributed by atoms with Crippen molar-refractivity contribution in [3.63, 3.8) is 0 Å². The summed E-state index contributed by atoms with van der Waals surface area (Å²) >= 11 is 0. The van der Waals surface area contributed by atoms with Crippen molar-refractivity contribution in [1.29, 1.82) is 0 Å². The number of carbonyl (C=O) groups excluding carboxylic acids is 1. The van der Waals surface area contributed by atoms with Gasteiger partial charge in [0.15, 0.2) is 0 Å². The van der Waals surface area contributed by atoms with E-state index in [1.807, 2.05) is 24.3 Å². The average molecular weight is 311 g/mol. The second-order valence-electron chi connectivity index (χ2n) is 5.54. The average Bonchev–Trinajstić information content (AvgIpc) is 2.97. The third kappa shape index (κ3) is 3.56. The Bertz CT molecular complexity index is 795. The quantitative estimate of drug-likeness (QED) is 0.786. The number of aryl methyl sites for hydroxylation is 1. The topological polar surface area (TPSA) is 49.0 Å². The van der Waals surface area contributed by atoms with Crippen LogP contribution in [-0.2, 0) is 17.8 Å². The zero-order valence-corrected chi connectivity index (χ0v) is 12.9. The van der Waals surface area contributed by atoms with Crippen LogP contribution >= 0.6 is 0 Å². The SMILES string of the molecule is CN(Cc1ccccc1F)C(=O)CCc1nc2ccccc2[nH]1. The number of aromatic nitrogens is 2. The zero-order chi connectivity index (χ0) is 16.2. The molecule has 4 nitrogen and oxygen atoms in total. The highest BCUT2D eigenvalue weighted by Gasteiger charge is 2.12. The zero-order valence-electron chi connectivity index (χ0n) is 12.9. The van der Waals surface area contributed by atoms with Crippen molar-refractivity contribution in [3.05, 3.63) is 65.7 Å². The number of para-hydroxylation sites is 2. The van der Waals surface area contributed by atoms with Crippen LogP contribution in [0.4, 0.5) is 4.39 Å². The van der Waals surface area contributed by atoms with Gasteiger partial charge in [0.1, 0.15) is 11.6 Å². The lowest BCUT2D eigenvalue weighted by Gasteiger charge is -2.17. The molecule has 0 bridgehead atoms. The van der Waals surface area contributed by atoms with Crippen molar-refractivity contribution in [3.8, 4) is 0 Å². The molecule has 23 heavy (non-hydrogen) atoms. The van der Waals surface area contributed by atoms with Gasteiger partial charge in [0.25, 0.3) is 0 Å². The summed E-state index contributed by atoms with van der Waals surface area (Å²) in [5.74, 6) is 0.469. The molecule has 0 aliphatic carbocycles. The second-order valence-corrected chi connectivity index (χ2v) is 5.54. The summed E-state index contributed by atoms with van der Waals surface area (Å²) < 4.78 is 13.6. The van der Waals surface area contributed by atoms with Gasteiger partial charge in [-0.1, -0.05) is 30.3 Å². The van der Waals surface area contributed by atoms with Crippen LogP contribution in [0.2, 0.25) is 0 Å². The number of halogens is 1. The van der Waals surface area contributed by atoms with Crippen molar-refractivity contribution in [2.75, 3.05) is 7.05 Å². The number of nitrogens with zero attached hydrogens (tertiary/aromatic N) is 2. The molecule has 0 aliphatic rings. The van der Waals surface area contributed by atoms with Crippen molar-refractivity contribution in [1.82, 2.24) is 14.9 Å². The van der Waals surface area contributed by atoms with Crippen molar-refractivity contribution < 1.29 is 9.18 Å².